The molecule has 1 N–H and O–H groups in total. The van der Waals surface area contributed by atoms with Crippen molar-refractivity contribution in [2.24, 2.45) is 0 Å². The Labute approximate surface area is 97.6 Å². The van der Waals surface area contributed by atoms with E-state index in [-0.39, 0.29) is 0 Å². The smallest absolute Gasteiger partial charge is 0.120 e. The van der Waals surface area contributed by atoms with Gasteiger partial charge in [-0.25, -0.2) is 0 Å². The third-order valence-corrected chi connectivity index (χ3v) is 2.36. The molecule has 0 aliphatic heterocycles. The number of rotatable bonds is 8. The van der Waals surface area contributed by atoms with Gasteiger partial charge in [-0.1, -0.05) is 0 Å². The Morgan fingerprint density at radius 1 is 1.38 bits per heavy atom. The normalized spacial score (nSPS) is 11.2. The lowest BCUT2D eigenvalue weighted by molar-refractivity contribution is 0.119. The molecule has 0 aliphatic carbocycles. The summed E-state index contributed by atoms with van der Waals surface area (Å²) in [4.78, 5) is 2.11. The molecule has 0 aromatic carbocycles. The third-order valence-electron chi connectivity index (χ3n) is 2.36. The molecule has 0 unspecified atom stereocenters. The number of furan rings is 1. The fraction of sp³-hybridized carbons (Fsp3) is 0.667. The van der Waals surface area contributed by atoms with Gasteiger partial charge in [0.15, 0.2) is 0 Å². The summed E-state index contributed by atoms with van der Waals surface area (Å²) < 4.78 is 10.8. The lowest BCUT2D eigenvalue weighted by Crippen LogP contribution is -2.23. The van der Waals surface area contributed by atoms with Gasteiger partial charge < -0.3 is 19.4 Å². The Hall–Kier alpha value is -0.840. The average Bonchev–Trinajstić information content (AvgIpc) is 2.62. The van der Waals surface area contributed by atoms with Gasteiger partial charge in [-0.2, -0.15) is 0 Å². The Kier molecular flexibility index (Phi) is 6.15. The zero-order valence-corrected chi connectivity index (χ0v) is 10.5. The highest BCUT2D eigenvalue weighted by molar-refractivity contribution is 5.13. The second kappa shape index (κ2) is 7.44. The SMILES string of the molecule is Cc1ccoc1CNCCOCCN(C)C. The van der Waals surface area contributed by atoms with E-state index in [0.29, 0.717) is 0 Å². The van der Waals surface area contributed by atoms with E-state index in [1.807, 2.05) is 27.1 Å². The molecule has 1 aromatic rings. The van der Waals surface area contributed by atoms with Crippen LogP contribution >= 0.6 is 0 Å². The van der Waals surface area contributed by atoms with Crippen LogP contribution in [0.4, 0.5) is 0 Å². The molecule has 0 bridgehead atoms. The molecule has 0 spiro atoms. The molecule has 0 atom stereocenters. The van der Waals surface area contributed by atoms with E-state index in [1.54, 1.807) is 6.26 Å². The highest BCUT2D eigenvalue weighted by Crippen LogP contribution is 2.07. The van der Waals surface area contributed by atoms with Crippen LogP contribution in [0.1, 0.15) is 11.3 Å². The predicted molar refractivity (Wildman–Crippen MR) is 64.5 cm³/mol. The molecule has 4 nitrogen and oxygen atoms in total. The number of ether oxygens (including phenoxy) is 1. The summed E-state index contributed by atoms with van der Waals surface area (Å²) in [7, 11) is 4.09. The number of nitrogens with zero attached hydrogens (tertiary/aromatic N) is 1. The number of hydrogen-bond donors (Lipinski definition) is 1. The Balaban J connectivity index is 1.94. The number of hydrogen-bond acceptors (Lipinski definition) is 4. The highest BCUT2D eigenvalue weighted by atomic mass is 16.5. The van der Waals surface area contributed by atoms with Crippen molar-refractivity contribution in [2.75, 3.05) is 40.4 Å². The molecule has 0 aliphatic rings. The summed E-state index contributed by atoms with van der Waals surface area (Å²) in [5, 5.41) is 3.28. The first-order valence-corrected chi connectivity index (χ1v) is 5.66. The van der Waals surface area contributed by atoms with Crippen LogP contribution in [0.5, 0.6) is 0 Å². The Bertz CT molecular complexity index is 284. The third kappa shape index (κ3) is 5.30. The standard InChI is InChI=1S/C12H22N2O2/c1-11-4-7-16-12(11)10-13-5-8-15-9-6-14(2)3/h4,7,13H,5-6,8-10H2,1-3H3. The van der Waals surface area contributed by atoms with Gasteiger partial charge >= 0.3 is 0 Å². The van der Waals surface area contributed by atoms with Crippen LogP contribution in [0, 0.1) is 6.92 Å². The van der Waals surface area contributed by atoms with Crippen molar-refractivity contribution in [3.63, 3.8) is 0 Å². The minimum Gasteiger partial charge on any atom is -0.468 e. The second-order valence-corrected chi connectivity index (χ2v) is 4.12. The van der Waals surface area contributed by atoms with Gasteiger partial charge in [0.2, 0.25) is 0 Å². The van der Waals surface area contributed by atoms with Crippen molar-refractivity contribution in [3.8, 4) is 0 Å². The first kappa shape index (κ1) is 13.2. The van der Waals surface area contributed by atoms with Crippen LogP contribution in [0.25, 0.3) is 0 Å². The van der Waals surface area contributed by atoms with E-state index in [4.69, 9.17) is 9.15 Å². The summed E-state index contributed by atoms with van der Waals surface area (Å²) in [5.41, 5.74) is 1.20. The largest absolute Gasteiger partial charge is 0.468 e. The number of aryl methyl sites for hydroxylation is 1. The topological polar surface area (TPSA) is 37.6 Å². The molecule has 1 heterocycles. The molecule has 1 rings (SSSR count). The maximum absolute atomic E-state index is 5.46. The van der Waals surface area contributed by atoms with Crippen molar-refractivity contribution in [1.82, 2.24) is 10.2 Å². The van der Waals surface area contributed by atoms with E-state index in [9.17, 15) is 0 Å². The van der Waals surface area contributed by atoms with Gasteiger partial charge in [-0.3, -0.25) is 0 Å². The summed E-state index contributed by atoms with van der Waals surface area (Å²) in [6.45, 7) is 6.18. The van der Waals surface area contributed by atoms with Crippen molar-refractivity contribution in [1.29, 1.82) is 0 Å². The molecule has 0 amide bonds. The van der Waals surface area contributed by atoms with E-state index >= 15 is 0 Å². The van der Waals surface area contributed by atoms with Gasteiger partial charge in [0.1, 0.15) is 5.76 Å². The number of nitrogens with one attached hydrogen (secondary N) is 1. The summed E-state index contributed by atoms with van der Waals surface area (Å²) in [5.74, 6) is 1.01. The van der Waals surface area contributed by atoms with Crippen LogP contribution in [0.3, 0.4) is 0 Å². The van der Waals surface area contributed by atoms with Gasteiger partial charge in [-0.05, 0) is 32.6 Å². The van der Waals surface area contributed by atoms with Crippen molar-refractivity contribution < 1.29 is 9.15 Å². The fourth-order valence-electron chi connectivity index (χ4n) is 1.28. The van der Waals surface area contributed by atoms with Gasteiger partial charge in [0.25, 0.3) is 0 Å². The summed E-state index contributed by atoms with van der Waals surface area (Å²) in [6, 6.07) is 1.98. The quantitative estimate of drug-likeness (QED) is 0.677. The average molecular weight is 226 g/mol. The fourth-order valence-corrected chi connectivity index (χ4v) is 1.28. The van der Waals surface area contributed by atoms with Crippen molar-refractivity contribution in [3.05, 3.63) is 23.7 Å². The van der Waals surface area contributed by atoms with Crippen LogP contribution < -0.4 is 5.32 Å². The molecule has 0 saturated carbocycles. The maximum atomic E-state index is 5.46. The Morgan fingerprint density at radius 3 is 2.81 bits per heavy atom. The summed E-state index contributed by atoms with van der Waals surface area (Å²) >= 11 is 0. The zero-order chi connectivity index (χ0) is 11.8. The van der Waals surface area contributed by atoms with E-state index in [1.165, 1.54) is 5.56 Å². The molecule has 0 saturated heterocycles. The molecule has 0 radical (unpaired) electrons. The molecular weight excluding hydrogens is 204 g/mol. The van der Waals surface area contributed by atoms with Gasteiger partial charge in [0, 0.05) is 13.1 Å². The van der Waals surface area contributed by atoms with Gasteiger partial charge in [-0.15, -0.1) is 0 Å². The molecular formula is C12H22N2O2. The molecule has 0 fully saturated rings. The Morgan fingerprint density at radius 2 is 2.19 bits per heavy atom. The van der Waals surface area contributed by atoms with Crippen LogP contribution in [0.2, 0.25) is 0 Å². The summed E-state index contributed by atoms with van der Waals surface area (Å²) in [6.07, 6.45) is 1.72. The molecule has 16 heavy (non-hydrogen) atoms. The minimum absolute atomic E-state index is 0.744. The second-order valence-electron chi connectivity index (χ2n) is 4.12. The minimum atomic E-state index is 0.744. The van der Waals surface area contributed by atoms with E-state index < -0.39 is 0 Å². The van der Waals surface area contributed by atoms with Crippen LogP contribution in [-0.2, 0) is 11.3 Å². The van der Waals surface area contributed by atoms with E-state index in [2.05, 4.69) is 10.2 Å². The predicted octanol–water partition coefficient (Wildman–Crippen LogP) is 1.26. The van der Waals surface area contributed by atoms with Gasteiger partial charge in [0.05, 0.1) is 26.0 Å². The highest BCUT2D eigenvalue weighted by Gasteiger charge is 2.00. The van der Waals surface area contributed by atoms with Crippen LogP contribution in [0.15, 0.2) is 16.7 Å². The van der Waals surface area contributed by atoms with Crippen molar-refractivity contribution in [2.45, 2.75) is 13.5 Å². The maximum Gasteiger partial charge on any atom is 0.120 e. The zero-order valence-electron chi connectivity index (χ0n) is 10.5. The van der Waals surface area contributed by atoms with Crippen molar-refractivity contribution >= 4 is 0 Å². The molecule has 92 valence electrons. The monoisotopic (exact) mass is 226 g/mol. The van der Waals surface area contributed by atoms with E-state index in [0.717, 1.165) is 38.6 Å². The first-order valence-electron chi connectivity index (χ1n) is 5.66. The molecule has 1 aromatic heterocycles. The lowest BCUT2D eigenvalue weighted by atomic mass is 10.3. The van der Waals surface area contributed by atoms with Crippen LogP contribution in [-0.4, -0.2) is 45.3 Å². The first-order chi connectivity index (χ1) is 7.70. The lowest BCUT2D eigenvalue weighted by Gasteiger charge is -2.10. The number of likely N-dealkylation sites (N-methyl/N-ethyl adjacent to an activating group) is 1. The molecule has 4 heteroatoms.